The van der Waals surface area contributed by atoms with E-state index in [-0.39, 0.29) is 17.1 Å². The molecule has 2 N–H and O–H groups in total. The van der Waals surface area contributed by atoms with E-state index in [4.69, 9.17) is 4.42 Å². The second-order valence-corrected chi connectivity index (χ2v) is 4.88. The van der Waals surface area contributed by atoms with Crippen molar-refractivity contribution in [3.8, 4) is 0 Å². The number of nitrogens with zero attached hydrogens (tertiary/aromatic N) is 2. The highest BCUT2D eigenvalue weighted by atomic mass is 19.4. The molecule has 1 aromatic carbocycles. The molecule has 0 saturated heterocycles. The fourth-order valence-corrected chi connectivity index (χ4v) is 2.17. The molecule has 1 amide bonds. The van der Waals surface area contributed by atoms with Gasteiger partial charge >= 0.3 is 6.18 Å². The molecular weight excluding hydrogens is 325 g/mol. The van der Waals surface area contributed by atoms with E-state index < -0.39 is 23.7 Å². The molecule has 0 aliphatic rings. The Kier molecular flexibility index (Phi) is 4.07. The van der Waals surface area contributed by atoms with Crippen LogP contribution in [0.5, 0.6) is 0 Å². The van der Waals surface area contributed by atoms with Gasteiger partial charge in [-0.25, -0.2) is 4.98 Å². The molecule has 0 radical (unpaired) electrons. The Morgan fingerprint density at radius 2 is 2.08 bits per heavy atom. The summed E-state index contributed by atoms with van der Waals surface area (Å²) in [7, 11) is 0. The maximum atomic E-state index is 12.9. The zero-order chi connectivity index (χ0) is 17.2. The smallest absolute Gasteiger partial charge is 0.416 e. The summed E-state index contributed by atoms with van der Waals surface area (Å²) < 4.78 is 43.8. The van der Waals surface area contributed by atoms with E-state index in [1.165, 1.54) is 36.9 Å². The van der Waals surface area contributed by atoms with Crippen LogP contribution in [0, 0.1) is 0 Å². The number of alkyl halides is 3. The highest BCUT2D eigenvalue weighted by Crippen LogP contribution is 2.31. The van der Waals surface area contributed by atoms with Gasteiger partial charge in [0.05, 0.1) is 11.8 Å². The van der Waals surface area contributed by atoms with E-state index in [9.17, 15) is 18.0 Å². The number of benzene rings is 1. The lowest BCUT2D eigenvalue weighted by Gasteiger charge is -2.17. The van der Waals surface area contributed by atoms with Gasteiger partial charge in [-0.1, -0.05) is 12.1 Å². The Hall–Kier alpha value is -3.10. The number of carbonyl (C=O) groups excluding carboxylic acids is 1. The second kappa shape index (κ2) is 6.19. The molecule has 0 aliphatic carbocycles. The summed E-state index contributed by atoms with van der Waals surface area (Å²) in [6, 6.07) is 6.67. The topological polar surface area (TPSA) is 83.8 Å². The van der Waals surface area contributed by atoms with Gasteiger partial charge in [-0.3, -0.25) is 9.89 Å². The number of rotatable bonds is 4. The average molecular weight is 336 g/mol. The number of amides is 1. The third-order valence-electron chi connectivity index (χ3n) is 3.27. The summed E-state index contributed by atoms with van der Waals surface area (Å²) in [4.78, 5) is 16.1. The minimum atomic E-state index is -4.49. The third-order valence-corrected chi connectivity index (χ3v) is 3.27. The quantitative estimate of drug-likeness (QED) is 0.767. The molecule has 0 unspecified atom stereocenters. The molecule has 2 aromatic heterocycles. The lowest BCUT2D eigenvalue weighted by atomic mass is 10.0. The summed E-state index contributed by atoms with van der Waals surface area (Å²) in [6.07, 6.45) is -1.97. The number of H-pyrrole nitrogens is 1. The van der Waals surface area contributed by atoms with Crippen molar-refractivity contribution in [2.45, 2.75) is 12.2 Å². The number of aromatic amines is 1. The van der Waals surface area contributed by atoms with Crippen LogP contribution in [0.3, 0.4) is 0 Å². The monoisotopic (exact) mass is 336 g/mol. The van der Waals surface area contributed by atoms with Gasteiger partial charge in [0.15, 0.2) is 11.6 Å². The van der Waals surface area contributed by atoms with Crippen molar-refractivity contribution in [3.05, 3.63) is 71.7 Å². The molecule has 2 heterocycles. The highest BCUT2D eigenvalue weighted by Gasteiger charge is 2.32. The van der Waals surface area contributed by atoms with Gasteiger partial charge in [-0.2, -0.15) is 18.3 Å². The molecule has 6 nitrogen and oxygen atoms in total. The number of nitrogens with one attached hydrogen (secondary N) is 2. The number of hydrogen-bond acceptors (Lipinski definition) is 4. The zero-order valence-electron chi connectivity index (χ0n) is 12.0. The molecule has 124 valence electrons. The minimum Gasteiger partial charge on any atom is -0.459 e. The maximum absolute atomic E-state index is 12.9. The van der Waals surface area contributed by atoms with Crippen LogP contribution in [0.2, 0.25) is 0 Å². The predicted molar refractivity (Wildman–Crippen MR) is 75.8 cm³/mol. The van der Waals surface area contributed by atoms with Crippen molar-refractivity contribution in [2.75, 3.05) is 0 Å². The van der Waals surface area contributed by atoms with E-state index in [1.54, 1.807) is 0 Å². The number of hydrogen-bond donors (Lipinski definition) is 2. The normalized spacial score (nSPS) is 12.8. The van der Waals surface area contributed by atoms with Crippen molar-refractivity contribution in [1.82, 2.24) is 20.5 Å². The molecule has 9 heteroatoms. The van der Waals surface area contributed by atoms with E-state index >= 15 is 0 Å². The molecule has 0 spiro atoms. The first kappa shape index (κ1) is 15.8. The number of carbonyl (C=O) groups is 1. The lowest BCUT2D eigenvalue weighted by molar-refractivity contribution is -0.137. The van der Waals surface area contributed by atoms with Gasteiger partial charge in [-0.15, -0.1) is 0 Å². The summed E-state index contributed by atoms with van der Waals surface area (Å²) in [5.41, 5.74) is -0.613. The zero-order valence-corrected chi connectivity index (χ0v) is 12.0. The van der Waals surface area contributed by atoms with E-state index in [0.717, 1.165) is 12.1 Å². The van der Waals surface area contributed by atoms with Crippen LogP contribution in [-0.4, -0.2) is 21.1 Å². The fraction of sp³-hybridized carbons (Fsp3) is 0.133. The molecule has 0 fully saturated rings. The van der Waals surface area contributed by atoms with Gasteiger partial charge in [0, 0.05) is 0 Å². The average Bonchev–Trinajstić information content (AvgIpc) is 3.25. The van der Waals surface area contributed by atoms with Crippen molar-refractivity contribution in [2.24, 2.45) is 0 Å². The molecule has 0 saturated carbocycles. The number of furan rings is 1. The predicted octanol–water partition coefficient (Wildman–Crippen LogP) is 2.94. The Bertz CT molecular complexity index is 814. The fourth-order valence-electron chi connectivity index (χ4n) is 2.17. The van der Waals surface area contributed by atoms with Crippen LogP contribution in [-0.2, 0) is 6.18 Å². The van der Waals surface area contributed by atoms with E-state index in [1.807, 2.05) is 0 Å². The largest absolute Gasteiger partial charge is 0.459 e. The first-order valence-electron chi connectivity index (χ1n) is 6.82. The van der Waals surface area contributed by atoms with Crippen LogP contribution in [0.25, 0.3) is 0 Å². The first-order chi connectivity index (χ1) is 11.4. The van der Waals surface area contributed by atoms with Gasteiger partial charge in [0.1, 0.15) is 12.4 Å². The van der Waals surface area contributed by atoms with E-state index in [2.05, 4.69) is 20.5 Å². The molecular formula is C15H11F3N4O2. The van der Waals surface area contributed by atoms with Crippen LogP contribution < -0.4 is 5.32 Å². The Morgan fingerprint density at radius 1 is 1.25 bits per heavy atom. The molecule has 1 atom stereocenters. The van der Waals surface area contributed by atoms with Crippen LogP contribution in [0.1, 0.15) is 33.5 Å². The van der Waals surface area contributed by atoms with Gasteiger partial charge < -0.3 is 9.73 Å². The van der Waals surface area contributed by atoms with Crippen molar-refractivity contribution in [1.29, 1.82) is 0 Å². The van der Waals surface area contributed by atoms with Crippen molar-refractivity contribution >= 4 is 5.91 Å². The third kappa shape index (κ3) is 3.29. The van der Waals surface area contributed by atoms with Crippen LogP contribution in [0.4, 0.5) is 13.2 Å². The van der Waals surface area contributed by atoms with Gasteiger partial charge in [0.2, 0.25) is 0 Å². The van der Waals surface area contributed by atoms with Crippen molar-refractivity contribution < 1.29 is 22.4 Å². The maximum Gasteiger partial charge on any atom is 0.416 e. The Labute approximate surface area is 133 Å². The SMILES string of the molecule is O=C(N[C@@H](c1cccc(C(F)(F)F)c1)c1ncn[nH]1)c1ccco1. The summed E-state index contributed by atoms with van der Waals surface area (Å²) >= 11 is 0. The summed E-state index contributed by atoms with van der Waals surface area (Å²) in [5.74, 6) is -0.348. The van der Waals surface area contributed by atoms with Gasteiger partial charge in [-0.05, 0) is 29.8 Å². The first-order valence-corrected chi connectivity index (χ1v) is 6.82. The lowest BCUT2D eigenvalue weighted by Crippen LogP contribution is -2.30. The number of aromatic nitrogens is 3. The molecule has 3 rings (SSSR count). The standard InChI is InChI=1S/C15H11F3N4O2/c16-15(17,18)10-4-1-3-9(7-10)12(13-19-8-20-22-13)21-14(23)11-5-2-6-24-11/h1-8,12H,(H,21,23)(H,19,20,22)/t12-/m0/s1. The highest BCUT2D eigenvalue weighted by molar-refractivity contribution is 5.91. The summed E-state index contributed by atoms with van der Waals surface area (Å²) in [5, 5.41) is 8.82. The minimum absolute atomic E-state index is 0.0338. The van der Waals surface area contributed by atoms with Gasteiger partial charge in [0.25, 0.3) is 5.91 Å². The van der Waals surface area contributed by atoms with Crippen LogP contribution >= 0.6 is 0 Å². The van der Waals surface area contributed by atoms with Crippen LogP contribution in [0.15, 0.2) is 53.4 Å². The molecule has 24 heavy (non-hydrogen) atoms. The molecule has 3 aromatic rings. The molecule has 0 aliphatic heterocycles. The second-order valence-electron chi connectivity index (χ2n) is 4.88. The Morgan fingerprint density at radius 3 is 2.71 bits per heavy atom. The Balaban J connectivity index is 1.96. The summed E-state index contributed by atoms with van der Waals surface area (Å²) in [6.45, 7) is 0. The number of halogens is 3. The van der Waals surface area contributed by atoms with E-state index in [0.29, 0.717) is 0 Å². The van der Waals surface area contributed by atoms with Crippen molar-refractivity contribution in [3.63, 3.8) is 0 Å². The molecule has 0 bridgehead atoms.